The first-order valence-electron chi connectivity index (χ1n) is 12.3. The van der Waals surface area contributed by atoms with Crippen LogP contribution in [0.5, 0.6) is 0 Å². The number of carbonyl (C=O) groups is 3. The summed E-state index contributed by atoms with van der Waals surface area (Å²) in [6.45, 7) is 6.12. The van der Waals surface area contributed by atoms with Gasteiger partial charge in [0.15, 0.2) is 5.78 Å². The number of thiocarbonyl (C=S) groups is 1. The molecule has 3 saturated carbocycles. The number of allylic oxidation sites excluding steroid dienone is 2. The summed E-state index contributed by atoms with van der Waals surface area (Å²) < 4.78 is 11.8. The van der Waals surface area contributed by atoms with E-state index in [2.05, 4.69) is 19.9 Å². The van der Waals surface area contributed by atoms with Crippen LogP contribution in [-0.2, 0) is 28.7 Å². The Morgan fingerprint density at radius 2 is 1.94 bits per heavy atom. The maximum absolute atomic E-state index is 13.4. The normalized spacial score (nSPS) is 41.9. The third-order valence-corrected chi connectivity index (χ3v) is 9.98. The lowest BCUT2D eigenvalue weighted by Gasteiger charge is -2.54. The van der Waals surface area contributed by atoms with Gasteiger partial charge in [-0.1, -0.05) is 30.1 Å². The van der Waals surface area contributed by atoms with Crippen LogP contribution in [-0.4, -0.2) is 53.3 Å². The van der Waals surface area contributed by atoms with Crippen LogP contribution in [0.25, 0.3) is 0 Å². The maximum Gasteiger partial charge on any atom is 0.413 e. The largest absolute Gasteiger partial charge is 0.413 e. The van der Waals surface area contributed by atoms with E-state index in [-0.39, 0.29) is 51.8 Å². The number of ketones is 1. The molecule has 0 unspecified atom stereocenters. The summed E-state index contributed by atoms with van der Waals surface area (Å²) in [5.41, 5.74) is 0.397. The predicted octanol–water partition coefficient (Wildman–Crippen LogP) is 3.81. The van der Waals surface area contributed by atoms with Crippen molar-refractivity contribution in [2.45, 2.75) is 71.0 Å². The Hall–Kier alpha value is -1.90. The fourth-order valence-corrected chi connectivity index (χ4v) is 7.77. The highest BCUT2D eigenvalue weighted by atomic mass is 32.1. The van der Waals surface area contributed by atoms with Crippen LogP contribution in [0.3, 0.4) is 0 Å². The van der Waals surface area contributed by atoms with Crippen molar-refractivity contribution in [2.24, 2.45) is 28.6 Å². The van der Waals surface area contributed by atoms with Crippen molar-refractivity contribution >= 4 is 35.1 Å². The van der Waals surface area contributed by atoms with Gasteiger partial charge in [-0.2, -0.15) is 0 Å². The summed E-state index contributed by atoms with van der Waals surface area (Å²) in [5.74, 6) is -0.310. The van der Waals surface area contributed by atoms with Crippen LogP contribution in [0.1, 0.15) is 59.3 Å². The van der Waals surface area contributed by atoms with Crippen molar-refractivity contribution in [3.63, 3.8) is 0 Å². The van der Waals surface area contributed by atoms with E-state index in [1.165, 1.54) is 5.57 Å². The monoisotopic (exact) mass is 488 g/mol. The first kappa shape index (κ1) is 23.8. The van der Waals surface area contributed by atoms with Crippen molar-refractivity contribution in [1.29, 1.82) is 0 Å². The highest BCUT2D eigenvalue weighted by Gasteiger charge is 2.79. The number of hydrogen-bond donors (Lipinski definition) is 0. The van der Waals surface area contributed by atoms with E-state index >= 15 is 0 Å². The highest BCUT2D eigenvalue weighted by Crippen LogP contribution is 2.75. The van der Waals surface area contributed by atoms with Crippen molar-refractivity contribution in [2.75, 3.05) is 14.1 Å². The zero-order valence-corrected chi connectivity index (χ0v) is 21.4. The molecule has 0 aromatic carbocycles. The number of carbonyl (C=O) groups excluding carboxylic acids is 3. The van der Waals surface area contributed by atoms with Crippen molar-refractivity contribution < 1.29 is 33.3 Å². The van der Waals surface area contributed by atoms with Crippen molar-refractivity contribution in [3.8, 4) is 0 Å². The molecule has 7 nitrogen and oxygen atoms in total. The number of fused-ring (bicyclic) bond motifs is 3. The molecule has 4 aliphatic carbocycles. The summed E-state index contributed by atoms with van der Waals surface area (Å²) >= 11 is 5.35. The van der Waals surface area contributed by atoms with E-state index in [0.29, 0.717) is 11.8 Å². The second-order valence-electron chi connectivity index (χ2n) is 11.5. The van der Waals surface area contributed by atoms with Crippen molar-refractivity contribution in [1.82, 2.24) is 0 Å². The Labute approximate surface area is 206 Å². The minimum Gasteiger partial charge on any atom is -0.366 e. The third kappa shape index (κ3) is 3.14. The standard InChI is InChI=1S/C26H34NO6S/c1-6-21(29)33-27(4,5)23(34)31-22(30)19-10-9-17-18-8-7-15-13-16(28)11-12-25(15,3)26(18)20(32-26)14-24(17,19)2/h11-13,17-20H,6-10,14H2,1-5H3/q+1/t17-,18-,19+,20-,24-,25-,26+/m0/s1. The Morgan fingerprint density at radius 3 is 2.65 bits per heavy atom. The minimum atomic E-state index is -0.420. The predicted molar refractivity (Wildman–Crippen MR) is 127 cm³/mol. The van der Waals surface area contributed by atoms with Gasteiger partial charge in [0, 0.05) is 24.1 Å². The lowest BCUT2D eigenvalue weighted by Crippen LogP contribution is -2.57. The van der Waals surface area contributed by atoms with Gasteiger partial charge in [-0.25, -0.2) is 4.79 Å². The molecule has 0 bridgehead atoms. The molecule has 4 fully saturated rings. The van der Waals surface area contributed by atoms with E-state index in [1.54, 1.807) is 33.2 Å². The minimum absolute atomic E-state index is 0.0587. The number of ether oxygens (including phenoxy) is 2. The SMILES string of the molecule is CCC(=O)O[N+](C)(C)C(=S)OC(=O)[C@H]1CC[C@H]2[C@@H]3CCC4=CC(=O)C=C[C@]4(C)[C@@]34O[C@H]4C[C@]12C. The molecule has 5 aliphatic rings. The van der Waals surface area contributed by atoms with Crippen LogP contribution < -0.4 is 0 Å². The Kier molecular flexibility index (Phi) is 5.29. The average molecular weight is 489 g/mol. The molecule has 1 aliphatic heterocycles. The van der Waals surface area contributed by atoms with Gasteiger partial charge in [-0.3, -0.25) is 14.4 Å². The Bertz CT molecular complexity index is 1050. The molecular weight excluding hydrogens is 454 g/mol. The van der Waals surface area contributed by atoms with E-state index in [4.69, 9.17) is 26.5 Å². The molecule has 34 heavy (non-hydrogen) atoms. The fraction of sp³-hybridized carbons (Fsp3) is 0.692. The van der Waals surface area contributed by atoms with Crippen LogP contribution in [0.15, 0.2) is 23.8 Å². The molecule has 1 heterocycles. The van der Waals surface area contributed by atoms with Gasteiger partial charge in [0.1, 0.15) is 19.7 Å². The van der Waals surface area contributed by atoms with Crippen LogP contribution in [0.4, 0.5) is 0 Å². The molecule has 1 saturated heterocycles. The molecular formula is C26H34NO6S+. The molecule has 1 spiro atoms. The third-order valence-electron chi connectivity index (χ3n) is 9.46. The van der Waals surface area contributed by atoms with Gasteiger partial charge in [0.05, 0.1) is 12.0 Å². The number of esters is 1. The molecule has 0 amide bonds. The topological polar surface area (TPSA) is 82.2 Å². The molecule has 7 atom stereocenters. The van der Waals surface area contributed by atoms with Crippen LogP contribution >= 0.6 is 12.2 Å². The average Bonchev–Trinajstić information content (AvgIpc) is 3.38. The van der Waals surface area contributed by atoms with E-state index in [9.17, 15) is 14.4 Å². The molecule has 8 heteroatoms. The van der Waals surface area contributed by atoms with Gasteiger partial charge >= 0.3 is 17.1 Å². The summed E-state index contributed by atoms with van der Waals surface area (Å²) in [6, 6.07) is 0. The highest BCUT2D eigenvalue weighted by molar-refractivity contribution is 7.79. The lowest BCUT2D eigenvalue weighted by molar-refractivity contribution is -0.989. The Balaban J connectivity index is 1.35. The molecule has 0 N–H and O–H groups in total. The van der Waals surface area contributed by atoms with E-state index < -0.39 is 10.6 Å². The van der Waals surface area contributed by atoms with E-state index in [0.717, 1.165) is 32.1 Å². The number of hydrogen-bond acceptors (Lipinski definition) is 7. The summed E-state index contributed by atoms with van der Waals surface area (Å²) in [4.78, 5) is 42.5. The van der Waals surface area contributed by atoms with Gasteiger partial charge in [-0.15, -0.1) is 0 Å². The maximum atomic E-state index is 13.4. The number of epoxide rings is 1. The summed E-state index contributed by atoms with van der Waals surface area (Å²) in [6.07, 6.45) is 10.2. The zero-order chi connectivity index (χ0) is 24.7. The first-order chi connectivity index (χ1) is 15.9. The molecule has 184 valence electrons. The molecule has 0 aromatic heterocycles. The molecule has 0 radical (unpaired) electrons. The number of quaternary nitrogens is 1. The van der Waals surface area contributed by atoms with Gasteiger partial charge in [0.25, 0.3) is 0 Å². The quantitative estimate of drug-likeness (QED) is 0.192. The summed E-state index contributed by atoms with van der Waals surface area (Å²) in [5, 5.41) is -0.0661. The van der Waals surface area contributed by atoms with Gasteiger partial charge in [0.2, 0.25) is 0 Å². The second kappa shape index (κ2) is 7.55. The number of rotatable bonds is 2. The second-order valence-corrected chi connectivity index (χ2v) is 11.8. The van der Waals surface area contributed by atoms with Gasteiger partial charge < -0.3 is 9.47 Å². The number of hydroxylamine groups is 3. The first-order valence-corrected chi connectivity index (χ1v) is 12.7. The van der Waals surface area contributed by atoms with Gasteiger partial charge in [-0.05, 0) is 68.4 Å². The zero-order valence-electron chi connectivity index (χ0n) is 20.6. The summed E-state index contributed by atoms with van der Waals surface area (Å²) in [7, 11) is 3.18. The Morgan fingerprint density at radius 1 is 1.21 bits per heavy atom. The molecule has 5 rings (SSSR count). The van der Waals surface area contributed by atoms with E-state index in [1.807, 2.05) is 0 Å². The lowest BCUT2D eigenvalue weighted by atomic mass is 9.47. The van der Waals surface area contributed by atoms with Crippen LogP contribution in [0, 0.1) is 28.6 Å². The van der Waals surface area contributed by atoms with Crippen molar-refractivity contribution in [3.05, 3.63) is 23.8 Å². The van der Waals surface area contributed by atoms with Crippen LogP contribution in [0.2, 0.25) is 0 Å². The smallest absolute Gasteiger partial charge is 0.366 e. The number of nitrogens with zero attached hydrogens (tertiary/aromatic N) is 1. The fourth-order valence-electron chi connectivity index (χ4n) is 7.66. The molecule has 0 aromatic rings.